The topological polar surface area (TPSA) is 99.9 Å². The van der Waals surface area contributed by atoms with Crippen molar-refractivity contribution in [2.45, 2.75) is 12.2 Å². The van der Waals surface area contributed by atoms with Crippen molar-refractivity contribution in [1.82, 2.24) is 10.3 Å². The number of benzene rings is 2. The summed E-state index contributed by atoms with van der Waals surface area (Å²) in [6.45, 7) is 3.68. The Kier molecular flexibility index (Phi) is 5.16. The second-order valence-electron chi connectivity index (χ2n) is 6.37. The first kappa shape index (κ1) is 19.3. The summed E-state index contributed by atoms with van der Waals surface area (Å²) in [6.07, 6.45) is 1.05. The van der Waals surface area contributed by atoms with E-state index in [1.54, 1.807) is 11.1 Å². The molecule has 0 unspecified atom stereocenters. The Balaban J connectivity index is 1.85. The van der Waals surface area contributed by atoms with Crippen LogP contribution in [0.3, 0.4) is 0 Å². The predicted molar refractivity (Wildman–Crippen MR) is 114 cm³/mol. The first-order chi connectivity index (χ1) is 14.0. The summed E-state index contributed by atoms with van der Waals surface area (Å²) in [7, 11) is 0. The van der Waals surface area contributed by atoms with Crippen molar-refractivity contribution in [2.24, 2.45) is 5.10 Å². The van der Waals surface area contributed by atoms with E-state index in [1.165, 1.54) is 30.0 Å². The van der Waals surface area contributed by atoms with E-state index in [1.807, 2.05) is 24.3 Å². The second-order valence-corrected chi connectivity index (χ2v) is 7.79. The maximum absolute atomic E-state index is 13.0. The van der Waals surface area contributed by atoms with Crippen LogP contribution in [0.25, 0.3) is 0 Å². The number of carbonyl (C=O) groups excluding carboxylic acids is 1. The normalized spacial score (nSPS) is 20.0. The number of amides is 1. The molecular formula is C19H16ClN5O3S. The highest BCUT2D eigenvalue weighted by Crippen LogP contribution is 2.44. The van der Waals surface area contributed by atoms with Gasteiger partial charge in [0.25, 0.3) is 11.6 Å². The van der Waals surface area contributed by atoms with Crippen molar-refractivity contribution in [3.05, 3.63) is 81.4 Å². The molecule has 4 rings (SSSR count). The van der Waals surface area contributed by atoms with Gasteiger partial charge in [-0.1, -0.05) is 47.6 Å². The number of hydrazone groups is 1. The number of amidine groups is 1. The van der Waals surface area contributed by atoms with Crippen molar-refractivity contribution in [1.29, 1.82) is 0 Å². The number of para-hydroxylation sites is 1. The number of anilines is 1. The van der Waals surface area contributed by atoms with Crippen LogP contribution >= 0.6 is 23.4 Å². The minimum absolute atomic E-state index is 0.0895. The standard InChI is InChI=1S/C19H16ClN5O3S/c1-2-9-29-19-22-18(26)16-12-5-3-4-6-15(12)21-17(24(16)23-19)13-10-11(25(27)28)7-8-14(13)20/h2-8,10,16-17,21H,1,9H2,(H,22,23,26)/t16-,17-/m1/s1. The van der Waals surface area contributed by atoms with Gasteiger partial charge in [-0.3, -0.25) is 19.9 Å². The molecular weight excluding hydrogens is 414 g/mol. The van der Waals surface area contributed by atoms with Crippen LogP contribution in [0.5, 0.6) is 0 Å². The molecule has 0 saturated carbocycles. The van der Waals surface area contributed by atoms with E-state index in [2.05, 4.69) is 22.3 Å². The number of nitrogens with one attached hydrogen (secondary N) is 2. The van der Waals surface area contributed by atoms with E-state index in [0.717, 1.165) is 11.3 Å². The lowest BCUT2D eigenvalue weighted by molar-refractivity contribution is -0.384. The molecule has 10 heteroatoms. The molecule has 2 heterocycles. The molecule has 2 aromatic rings. The van der Waals surface area contributed by atoms with Crippen LogP contribution < -0.4 is 10.6 Å². The summed E-state index contributed by atoms with van der Waals surface area (Å²) in [4.78, 5) is 23.8. The van der Waals surface area contributed by atoms with Crippen LogP contribution in [0.2, 0.25) is 5.02 Å². The maximum Gasteiger partial charge on any atom is 0.269 e. The van der Waals surface area contributed by atoms with Crippen molar-refractivity contribution in [3.63, 3.8) is 0 Å². The second kappa shape index (κ2) is 7.76. The van der Waals surface area contributed by atoms with Crippen LogP contribution in [-0.4, -0.2) is 26.8 Å². The Morgan fingerprint density at radius 2 is 2.10 bits per heavy atom. The van der Waals surface area contributed by atoms with Gasteiger partial charge in [-0.25, -0.2) is 0 Å². The number of halogens is 1. The monoisotopic (exact) mass is 429 g/mol. The van der Waals surface area contributed by atoms with Gasteiger partial charge in [0.15, 0.2) is 11.2 Å². The number of thioether (sulfide) groups is 1. The highest BCUT2D eigenvalue weighted by Gasteiger charge is 2.42. The Morgan fingerprint density at radius 1 is 1.31 bits per heavy atom. The molecule has 0 bridgehead atoms. The lowest BCUT2D eigenvalue weighted by atomic mass is 9.97. The molecule has 0 aliphatic carbocycles. The minimum Gasteiger partial charge on any atom is -0.360 e. The maximum atomic E-state index is 13.0. The molecule has 148 valence electrons. The summed E-state index contributed by atoms with van der Waals surface area (Å²) < 4.78 is 0. The average Bonchev–Trinajstić information content (AvgIpc) is 2.71. The summed E-state index contributed by atoms with van der Waals surface area (Å²) in [6, 6.07) is 10.9. The summed E-state index contributed by atoms with van der Waals surface area (Å²) in [5, 5.41) is 24.4. The fourth-order valence-electron chi connectivity index (χ4n) is 3.33. The smallest absolute Gasteiger partial charge is 0.269 e. The van der Waals surface area contributed by atoms with Crippen molar-refractivity contribution in [3.8, 4) is 0 Å². The third-order valence-corrected chi connectivity index (χ3v) is 5.79. The molecule has 0 radical (unpaired) electrons. The van der Waals surface area contributed by atoms with Crippen LogP contribution in [0.15, 0.2) is 60.2 Å². The molecule has 0 saturated heterocycles. The number of nitrogens with zero attached hydrogens (tertiary/aromatic N) is 3. The summed E-state index contributed by atoms with van der Waals surface area (Å²) in [5.74, 6) is 0.344. The van der Waals surface area contributed by atoms with Crippen LogP contribution in [0.1, 0.15) is 23.3 Å². The Hall–Kier alpha value is -3.04. The molecule has 2 atom stereocenters. The van der Waals surface area contributed by atoms with E-state index in [9.17, 15) is 14.9 Å². The zero-order chi connectivity index (χ0) is 20.5. The van der Waals surface area contributed by atoms with Gasteiger partial charge < -0.3 is 10.6 Å². The van der Waals surface area contributed by atoms with Gasteiger partial charge in [0, 0.05) is 39.7 Å². The highest BCUT2D eigenvalue weighted by atomic mass is 35.5. The number of nitro groups is 1. The lowest BCUT2D eigenvalue weighted by Crippen LogP contribution is -2.51. The van der Waals surface area contributed by atoms with Gasteiger partial charge in [0.05, 0.1) is 4.92 Å². The number of hydrogen-bond donors (Lipinski definition) is 2. The van der Waals surface area contributed by atoms with Gasteiger partial charge in [0.2, 0.25) is 0 Å². The van der Waals surface area contributed by atoms with Crippen molar-refractivity contribution < 1.29 is 9.72 Å². The average molecular weight is 430 g/mol. The highest BCUT2D eigenvalue weighted by molar-refractivity contribution is 8.14. The first-order valence-corrected chi connectivity index (χ1v) is 10.1. The quantitative estimate of drug-likeness (QED) is 0.432. The number of nitro benzene ring substituents is 1. The number of carbonyl (C=O) groups is 1. The van der Waals surface area contributed by atoms with Gasteiger partial charge in [-0.2, -0.15) is 0 Å². The molecule has 2 aliphatic rings. The molecule has 0 fully saturated rings. The van der Waals surface area contributed by atoms with E-state index >= 15 is 0 Å². The van der Waals surface area contributed by atoms with Crippen LogP contribution in [0, 0.1) is 10.1 Å². The Morgan fingerprint density at radius 3 is 2.86 bits per heavy atom. The summed E-state index contributed by atoms with van der Waals surface area (Å²) in [5.41, 5.74) is 1.88. The minimum atomic E-state index is -0.694. The number of rotatable bonds is 4. The predicted octanol–water partition coefficient (Wildman–Crippen LogP) is 4.04. The van der Waals surface area contributed by atoms with Crippen LogP contribution in [0.4, 0.5) is 11.4 Å². The van der Waals surface area contributed by atoms with Gasteiger partial charge in [-0.15, -0.1) is 11.7 Å². The number of non-ortho nitro benzene ring substituents is 1. The zero-order valence-corrected chi connectivity index (χ0v) is 16.6. The van der Waals surface area contributed by atoms with E-state index < -0.39 is 17.1 Å². The SMILES string of the molecule is C=CCSC1=NN2[C@H](c3cc([N+](=O)[O-])ccc3Cl)Nc3ccccc3[C@@H]2C(=O)N1. The third-order valence-electron chi connectivity index (χ3n) is 4.58. The van der Waals surface area contributed by atoms with Crippen LogP contribution in [-0.2, 0) is 4.79 Å². The summed E-state index contributed by atoms with van der Waals surface area (Å²) >= 11 is 7.73. The Labute approximate surface area is 175 Å². The molecule has 2 aromatic carbocycles. The number of fused-ring (bicyclic) bond motifs is 3. The lowest BCUT2D eigenvalue weighted by Gasteiger charge is -2.43. The zero-order valence-electron chi connectivity index (χ0n) is 15.0. The van der Waals surface area contributed by atoms with Gasteiger partial charge in [-0.05, 0) is 12.1 Å². The van der Waals surface area contributed by atoms with E-state index in [0.29, 0.717) is 21.5 Å². The van der Waals surface area contributed by atoms with Gasteiger partial charge >= 0.3 is 0 Å². The Bertz CT molecular complexity index is 1040. The molecule has 1 amide bonds. The fraction of sp³-hybridized carbons (Fsp3) is 0.158. The molecule has 8 nitrogen and oxygen atoms in total. The largest absolute Gasteiger partial charge is 0.360 e. The van der Waals surface area contributed by atoms with Gasteiger partial charge in [0.1, 0.15) is 6.17 Å². The first-order valence-electron chi connectivity index (χ1n) is 8.70. The molecule has 0 spiro atoms. The van der Waals surface area contributed by atoms with Crippen molar-refractivity contribution in [2.75, 3.05) is 11.1 Å². The van der Waals surface area contributed by atoms with Crippen molar-refractivity contribution >= 4 is 45.8 Å². The molecule has 2 aliphatic heterocycles. The molecule has 29 heavy (non-hydrogen) atoms. The molecule has 0 aromatic heterocycles. The van der Waals surface area contributed by atoms with E-state index in [-0.39, 0.29) is 11.6 Å². The third kappa shape index (κ3) is 3.54. The molecule has 2 N–H and O–H groups in total. The van der Waals surface area contributed by atoms with E-state index in [4.69, 9.17) is 11.6 Å². The fourth-order valence-corrected chi connectivity index (χ4v) is 4.15. The number of hydrogen-bond acceptors (Lipinski definition) is 7.